The number of nitrogens with zero attached hydrogens (tertiary/aromatic N) is 2. The van der Waals surface area contributed by atoms with Crippen molar-refractivity contribution in [3.8, 4) is 6.07 Å². The van der Waals surface area contributed by atoms with Crippen LogP contribution in [-0.2, 0) is 14.3 Å². The molecule has 0 saturated carbocycles. The standard InChI is InChI=1S/C20H21N3O.C9H20O2/c1-14(19(13-21)20(22)24)15-5-6-17-12-18(8-7-16(17)11-15)23-9-3-2-4-10-23;1-8(2)6-11-9(3,4)7-10-5/h5-8,11-12H,2-4,9-10H2,1H3,(H2,22,24);8H,6-7H2,1-5H3/b19-14+;. The van der Waals surface area contributed by atoms with Crippen LogP contribution in [-0.4, -0.2) is 44.9 Å². The number of ether oxygens (including phenoxy) is 2. The van der Waals surface area contributed by atoms with Crippen molar-refractivity contribution < 1.29 is 14.3 Å². The summed E-state index contributed by atoms with van der Waals surface area (Å²) in [5.41, 5.74) is 7.88. The molecule has 0 unspecified atom stereocenters. The highest BCUT2D eigenvalue weighted by Gasteiger charge is 2.18. The fourth-order valence-corrected chi connectivity index (χ4v) is 4.06. The Bertz CT molecular complexity index is 1060. The van der Waals surface area contributed by atoms with E-state index in [4.69, 9.17) is 20.5 Å². The number of fused-ring (bicyclic) bond motifs is 1. The predicted molar refractivity (Wildman–Crippen MR) is 144 cm³/mol. The normalized spacial score (nSPS) is 14.7. The lowest BCUT2D eigenvalue weighted by Gasteiger charge is -2.29. The molecule has 2 N–H and O–H groups in total. The topological polar surface area (TPSA) is 88.6 Å². The maximum absolute atomic E-state index is 11.4. The predicted octanol–water partition coefficient (Wildman–Crippen LogP) is 5.70. The van der Waals surface area contributed by atoms with Gasteiger partial charge < -0.3 is 20.1 Å². The number of anilines is 1. The van der Waals surface area contributed by atoms with Gasteiger partial charge in [-0.3, -0.25) is 4.79 Å². The minimum Gasteiger partial charge on any atom is -0.382 e. The van der Waals surface area contributed by atoms with Crippen LogP contribution in [0.1, 0.15) is 59.4 Å². The fraction of sp³-hybridized carbons (Fsp3) is 0.517. The molecule has 1 saturated heterocycles. The number of primary amides is 1. The van der Waals surface area contributed by atoms with Crippen LogP contribution >= 0.6 is 0 Å². The van der Waals surface area contributed by atoms with Crippen molar-refractivity contribution in [3.05, 3.63) is 47.5 Å². The van der Waals surface area contributed by atoms with Gasteiger partial charge in [0.1, 0.15) is 11.6 Å². The molecule has 0 bridgehead atoms. The van der Waals surface area contributed by atoms with Crippen molar-refractivity contribution >= 4 is 27.9 Å². The molecular formula is C29H41N3O3. The Morgan fingerprint density at radius 2 is 1.74 bits per heavy atom. The highest BCUT2D eigenvalue weighted by Crippen LogP contribution is 2.28. The number of methoxy groups -OCH3 is 1. The first-order valence-electron chi connectivity index (χ1n) is 12.4. The molecule has 1 heterocycles. The van der Waals surface area contributed by atoms with E-state index in [9.17, 15) is 4.79 Å². The zero-order chi connectivity index (χ0) is 26.0. The van der Waals surface area contributed by atoms with Crippen molar-refractivity contribution in [2.75, 3.05) is 38.3 Å². The number of hydrogen-bond donors (Lipinski definition) is 1. The Balaban J connectivity index is 0.000000334. The van der Waals surface area contributed by atoms with Gasteiger partial charge in [0, 0.05) is 32.5 Å². The molecule has 0 aliphatic carbocycles. The Hall–Kier alpha value is -2.88. The molecule has 0 atom stereocenters. The van der Waals surface area contributed by atoms with Gasteiger partial charge in [0.2, 0.25) is 0 Å². The van der Waals surface area contributed by atoms with Crippen molar-refractivity contribution in [3.63, 3.8) is 0 Å². The third kappa shape index (κ3) is 8.69. The summed E-state index contributed by atoms with van der Waals surface area (Å²) in [4.78, 5) is 13.8. The lowest BCUT2D eigenvalue weighted by Crippen LogP contribution is -2.31. The molecule has 0 spiro atoms. The summed E-state index contributed by atoms with van der Waals surface area (Å²) in [6.07, 6.45) is 3.83. The van der Waals surface area contributed by atoms with E-state index in [1.54, 1.807) is 14.0 Å². The van der Waals surface area contributed by atoms with Crippen LogP contribution in [0.15, 0.2) is 42.0 Å². The highest BCUT2D eigenvalue weighted by atomic mass is 16.5. The Labute approximate surface area is 210 Å². The second-order valence-corrected chi connectivity index (χ2v) is 10.2. The smallest absolute Gasteiger partial charge is 0.259 e. The SMILES string of the molecule is C/C(=C(/C#N)C(N)=O)c1ccc2cc(N3CCCCC3)ccc2c1.COCC(C)(C)OCC(C)C. The first-order valence-corrected chi connectivity index (χ1v) is 12.4. The average Bonchev–Trinajstić information content (AvgIpc) is 2.83. The molecule has 1 amide bonds. The van der Waals surface area contributed by atoms with Gasteiger partial charge in [-0.15, -0.1) is 0 Å². The van der Waals surface area contributed by atoms with Gasteiger partial charge >= 0.3 is 0 Å². The number of nitriles is 1. The Kier molecular flexibility index (Phi) is 10.8. The molecule has 1 aliphatic rings. The van der Waals surface area contributed by atoms with Crippen LogP contribution in [0.25, 0.3) is 16.3 Å². The molecule has 190 valence electrons. The molecule has 6 heteroatoms. The monoisotopic (exact) mass is 479 g/mol. The maximum atomic E-state index is 11.4. The average molecular weight is 480 g/mol. The van der Waals surface area contributed by atoms with Gasteiger partial charge in [0.25, 0.3) is 5.91 Å². The molecule has 0 radical (unpaired) electrons. The van der Waals surface area contributed by atoms with E-state index >= 15 is 0 Å². The van der Waals surface area contributed by atoms with Gasteiger partial charge in [-0.2, -0.15) is 5.26 Å². The highest BCUT2D eigenvalue weighted by molar-refractivity contribution is 6.04. The minimum absolute atomic E-state index is 0.0132. The summed E-state index contributed by atoms with van der Waals surface area (Å²) < 4.78 is 10.6. The first-order chi connectivity index (χ1) is 16.6. The van der Waals surface area contributed by atoms with E-state index in [2.05, 4.69) is 36.9 Å². The first kappa shape index (κ1) is 28.4. The number of allylic oxidation sites excluding steroid dienone is 1. The number of piperidine rings is 1. The molecular weight excluding hydrogens is 438 g/mol. The largest absolute Gasteiger partial charge is 0.382 e. The number of hydrogen-bond acceptors (Lipinski definition) is 5. The van der Waals surface area contributed by atoms with E-state index in [-0.39, 0.29) is 11.2 Å². The summed E-state index contributed by atoms with van der Waals surface area (Å²) >= 11 is 0. The van der Waals surface area contributed by atoms with E-state index in [1.165, 1.54) is 24.9 Å². The van der Waals surface area contributed by atoms with Crippen molar-refractivity contribution in [1.82, 2.24) is 0 Å². The molecule has 1 fully saturated rings. The van der Waals surface area contributed by atoms with E-state index < -0.39 is 5.91 Å². The van der Waals surface area contributed by atoms with Crippen LogP contribution in [0.3, 0.4) is 0 Å². The molecule has 1 aliphatic heterocycles. The Morgan fingerprint density at radius 1 is 1.11 bits per heavy atom. The minimum atomic E-state index is -0.685. The number of nitrogens with two attached hydrogens (primary N) is 1. The van der Waals surface area contributed by atoms with Crippen LogP contribution in [0.4, 0.5) is 5.69 Å². The second-order valence-electron chi connectivity index (χ2n) is 10.2. The van der Waals surface area contributed by atoms with Gasteiger partial charge in [-0.05, 0) is 86.1 Å². The summed E-state index contributed by atoms with van der Waals surface area (Å²) in [5.74, 6) is -0.0957. The molecule has 6 nitrogen and oxygen atoms in total. The quantitative estimate of drug-likeness (QED) is 0.388. The van der Waals surface area contributed by atoms with Crippen molar-refractivity contribution in [1.29, 1.82) is 5.26 Å². The number of carbonyl (C=O) groups is 1. The summed E-state index contributed by atoms with van der Waals surface area (Å²) in [5, 5.41) is 11.4. The summed E-state index contributed by atoms with van der Waals surface area (Å²) in [7, 11) is 1.69. The molecule has 35 heavy (non-hydrogen) atoms. The number of amides is 1. The van der Waals surface area contributed by atoms with Crippen molar-refractivity contribution in [2.45, 2.75) is 59.5 Å². The van der Waals surface area contributed by atoms with E-state index in [0.29, 0.717) is 18.1 Å². The number of rotatable bonds is 8. The van der Waals surface area contributed by atoms with Gasteiger partial charge in [-0.1, -0.05) is 32.0 Å². The lowest BCUT2D eigenvalue weighted by molar-refractivity contribution is -0.114. The lowest BCUT2D eigenvalue weighted by atomic mass is 9.98. The summed E-state index contributed by atoms with van der Waals surface area (Å²) in [6.45, 7) is 13.8. The van der Waals surface area contributed by atoms with E-state index in [1.807, 2.05) is 38.1 Å². The third-order valence-corrected chi connectivity index (χ3v) is 6.01. The second kappa shape index (κ2) is 13.3. The van der Waals surface area contributed by atoms with Crippen LogP contribution in [0.2, 0.25) is 0 Å². The van der Waals surface area contributed by atoms with Gasteiger partial charge in [-0.25, -0.2) is 0 Å². The van der Waals surface area contributed by atoms with Crippen molar-refractivity contribution in [2.24, 2.45) is 11.7 Å². The van der Waals surface area contributed by atoms with Gasteiger partial charge in [0.05, 0.1) is 12.2 Å². The van der Waals surface area contributed by atoms with Gasteiger partial charge in [0.15, 0.2) is 0 Å². The number of benzene rings is 2. The maximum Gasteiger partial charge on any atom is 0.259 e. The molecule has 3 rings (SSSR count). The summed E-state index contributed by atoms with van der Waals surface area (Å²) in [6, 6.07) is 14.3. The zero-order valence-corrected chi connectivity index (χ0v) is 22.2. The van der Waals surface area contributed by atoms with E-state index in [0.717, 1.165) is 36.0 Å². The fourth-order valence-electron chi connectivity index (χ4n) is 4.06. The third-order valence-electron chi connectivity index (χ3n) is 6.01. The Morgan fingerprint density at radius 3 is 2.31 bits per heavy atom. The zero-order valence-electron chi connectivity index (χ0n) is 22.2. The molecule has 2 aromatic carbocycles. The molecule has 0 aromatic heterocycles. The molecule has 2 aromatic rings. The van der Waals surface area contributed by atoms with Crippen LogP contribution < -0.4 is 10.6 Å². The number of carbonyl (C=O) groups excluding carboxylic acids is 1. The van der Waals surface area contributed by atoms with Crippen LogP contribution in [0, 0.1) is 17.2 Å². The van der Waals surface area contributed by atoms with Crippen LogP contribution in [0.5, 0.6) is 0 Å².